The fourth-order valence-corrected chi connectivity index (χ4v) is 4.20. The highest BCUT2D eigenvalue weighted by atomic mass is 32.1. The molecular weight excluding hydrogens is 428 g/mol. The normalized spacial score (nSPS) is 11.2. The van der Waals surface area contributed by atoms with Gasteiger partial charge in [0.15, 0.2) is 0 Å². The highest BCUT2D eigenvalue weighted by molar-refractivity contribution is 7.13. The summed E-state index contributed by atoms with van der Waals surface area (Å²) in [6.07, 6.45) is 3.49. The van der Waals surface area contributed by atoms with Crippen LogP contribution in [-0.4, -0.2) is 33.4 Å². The van der Waals surface area contributed by atoms with Gasteiger partial charge in [-0.15, -0.1) is 11.3 Å². The maximum Gasteiger partial charge on any atom is 0.276 e. The second kappa shape index (κ2) is 8.01. The van der Waals surface area contributed by atoms with Crippen molar-refractivity contribution in [2.24, 2.45) is 0 Å². The van der Waals surface area contributed by atoms with Gasteiger partial charge in [0.05, 0.1) is 31.2 Å². The van der Waals surface area contributed by atoms with Crippen LogP contribution < -0.4 is 15.0 Å². The predicted molar refractivity (Wildman–Crippen MR) is 122 cm³/mol. The molecule has 0 saturated carbocycles. The van der Waals surface area contributed by atoms with Gasteiger partial charge >= 0.3 is 0 Å². The van der Waals surface area contributed by atoms with E-state index < -0.39 is 0 Å². The van der Waals surface area contributed by atoms with Crippen LogP contribution in [0.1, 0.15) is 11.5 Å². The van der Waals surface area contributed by atoms with Crippen LogP contribution in [0.2, 0.25) is 0 Å². The summed E-state index contributed by atoms with van der Waals surface area (Å²) in [5, 5.41) is 6.50. The summed E-state index contributed by atoms with van der Waals surface area (Å²) >= 11 is 1.59. The molecule has 5 rings (SSSR count). The minimum absolute atomic E-state index is 0.145. The molecule has 4 aromatic heterocycles. The molecule has 9 heteroatoms. The standard InChI is InChI=1S/C23H20N4O4S/c1-14-18(24-22(31-14)16-7-6-15(29-2)11-20(16)30-3)13-26-8-9-27-19(23(26)28)12-17(25-27)21-5-4-10-32-21/h4-12H,13H2,1-3H3. The smallest absolute Gasteiger partial charge is 0.276 e. The van der Waals surface area contributed by atoms with Gasteiger partial charge in [-0.2, -0.15) is 5.10 Å². The fraction of sp³-hybridized carbons (Fsp3) is 0.174. The van der Waals surface area contributed by atoms with E-state index >= 15 is 0 Å². The molecule has 0 N–H and O–H groups in total. The number of ether oxygens (including phenoxy) is 2. The third-order valence-corrected chi connectivity index (χ3v) is 6.12. The van der Waals surface area contributed by atoms with Gasteiger partial charge in [-0.3, -0.25) is 4.79 Å². The van der Waals surface area contributed by atoms with Crippen LogP contribution in [0.25, 0.3) is 27.5 Å². The summed E-state index contributed by atoms with van der Waals surface area (Å²) in [6.45, 7) is 2.11. The van der Waals surface area contributed by atoms with Gasteiger partial charge in [0, 0.05) is 18.5 Å². The lowest BCUT2D eigenvalue weighted by Gasteiger charge is -2.07. The van der Waals surface area contributed by atoms with E-state index in [9.17, 15) is 4.79 Å². The molecule has 0 aliphatic rings. The van der Waals surface area contributed by atoms with E-state index in [-0.39, 0.29) is 12.1 Å². The summed E-state index contributed by atoms with van der Waals surface area (Å²) < 4.78 is 19.8. The number of hydrogen-bond donors (Lipinski definition) is 0. The van der Waals surface area contributed by atoms with Crippen molar-refractivity contribution in [2.45, 2.75) is 13.5 Å². The third kappa shape index (κ3) is 3.46. The van der Waals surface area contributed by atoms with Crippen molar-refractivity contribution in [1.29, 1.82) is 0 Å². The zero-order chi connectivity index (χ0) is 22.2. The van der Waals surface area contributed by atoms with E-state index in [4.69, 9.17) is 13.9 Å². The number of nitrogens with zero attached hydrogens (tertiary/aromatic N) is 4. The van der Waals surface area contributed by atoms with Gasteiger partial charge in [-0.25, -0.2) is 9.50 Å². The van der Waals surface area contributed by atoms with Gasteiger partial charge in [0.25, 0.3) is 5.56 Å². The van der Waals surface area contributed by atoms with Gasteiger partial charge in [-0.05, 0) is 36.6 Å². The third-order valence-electron chi connectivity index (χ3n) is 5.23. The average molecular weight is 449 g/mol. The lowest BCUT2D eigenvalue weighted by Crippen LogP contribution is -2.22. The Morgan fingerprint density at radius 2 is 2.00 bits per heavy atom. The highest BCUT2D eigenvalue weighted by Gasteiger charge is 2.17. The number of hydrogen-bond acceptors (Lipinski definition) is 7. The van der Waals surface area contributed by atoms with Gasteiger partial charge in [0.1, 0.15) is 34.2 Å². The minimum atomic E-state index is -0.145. The molecule has 32 heavy (non-hydrogen) atoms. The molecule has 0 aliphatic carbocycles. The number of aromatic nitrogens is 4. The quantitative estimate of drug-likeness (QED) is 0.386. The van der Waals surface area contributed by atoms with Crippen molar-refractivity contribution in [1.82, 2.24) is 19.2 Å². The van der Waals surface area contributed by atoms with E-state index in [0.717, 1.165) is 10.6 Å². The minimum Gasteiger partial charge on any atom is -0.497 e. The molecule has 0 saturated heterocycles. The summed E-state index contributed by atoms with van der Waals surface area (Å²) in [4.78, 5) is 18.7. The second-order valence-corrected chi connectivity index (χ2v) is 8.10. The molecule has 0 atom stereocenters. The van der Waals surface area contributed by atoms with Crippen LogP contribution in [0.5, 0.6) is 11.5 Å². The van der Waals surface area contributed by atoms with E-state index in [1.54, 1.807) is 53.1 Å². The highest BCUT2D eigenvalue weighted by Crippen LogP contribution is 2.33. The molecule has 0 bridgehead atoms. The summed E-state index contributed by atoms with van der Waals surface area (Å²) in [5.41, 5.74) is 2.52. The SMILES string of the molecule is COc1ccc(-c2nc(Cn3ccn4nc(-c5cccs5)cc4c3=O)c(C)o2)c(OC)c1. The molecule has 8 nitrogen and oxygen atoms in total. The van der Waals surface area contributed by atoms with Crippen molar-refractivity contribution in [3.05, 3.63) is 76.0 Å². The molecule has 0 unspecified atom stereocenters. The molecule has 162 valence electrons. The van der Waals surface area contributed by atoms with E-state index in [0.29, 0.717) is 39.9 Å². The number of thiophene rings is 1. The molecule has 0 spiro atoms. The van der Waals surface area contributed by atoms with E-state index in [2.05, 4.69) is 10.1 Å². The molecule has 5 aromatic rings. The van der Waals surface area contributed by atoms with Gasteiger partial charge in [0.2, 0.25) is 5.89 Å². The largest absolute Gasteiger partial charge is 0.497 e. The lowest BCUT2D eigenvalue weighted by atomic mass is 10.2. The number of fused-ring (bicyclic) bond motifs is 1. The molecule has 1 aromatic carbocycles. The van der Waals surface area contributed by atoms with Gasteiger partial charge < -0.3 is 18.5 Å². The topological polar surface area (TPSA) is 83.8 Å². The first-order valence-corrected chi connectivity index (χ1v) is 10.8. The second-order valence-electron chi connectivity index (χ2n) is 7.16. The Morgan fingerprint density at radius 1 is 1.12 bits per heavy atom. The Morgan fingerprint density at radius 3 is 2.75 bits per heavy atom. The number of oxazole rings is 1. The zero-order valence-electron chi connectivity index (χ0n) is 17.7. The van der Waals surface area contributed by atoms with Crippen LogP contribution in [-0.2, 0) is 6.54 Å². The number of benzene rings is 1. The van der Waals surface area contributed by atoms with Crippen molar-refractivity contribution >= 4 is 16.9 Å². The van der Waals surface area contributed by atoms with E-state index in [1.165, 1.54) is 0 Å². The van der Waals surface area contributed by atoms with Crippen molar-refractivity contribution < 1.29 is 13.9 Å². The summed E-state index contributed by atoms with van der Waals surface area (Å²) in [5.74, 6) is 2.33. The average Bonchev–Trinajstić information content (AvgIpc) is 3.55. The zero-order valence-corrected chi connectivity index (χ0v) is 18.5. The number of rotatable bonds is 6. The summed E-state index contributed by atoms with van der Waals surface area (Å²) in [6, 6.07) is 11.2. The molecule has 0 aliphatic heterocycles. The first-order chi connectivity index (χ1) is 15.6. The number of aryl methyl sites for hydroxylation is 1. The predicted octanol–water partition coefficient (Wildman–Crippen LogP) is 4.25. The van der Waals surface area contributed by atoms with Crippen molar-refractivity contribution in [3.63, 3.8) is 0 Å². The Hall–Kier alpha value is -3.85. The Balaban J connectivity index is 1.49. The first kappa shape index (κ1) is 20.1. The Kier molecular flexibility index (Phi) is 5.02. The molecule has 0 radical (unpaired) electrons. The van der Waals surface area contributed by atoms with Crippen LogP contribution >= 0.6 is 11.3 Å². The number of methoxy groups -OCH3 is 2. The summed E-state index contributed by atoms with van der Waals surface area (Å²) in [7, 11) is 3.18. The Labute approximate surface area is 187 Å². The van der Waals surface area contributed by atoms with Crippen LogP contribution in [0, 0.1) is 6.92 Å². The monoisotopic (exact) mass is 448 g/mol. The maximum atomic E-state index is 13.1. The molecule has 0 fully saturated rings. The first-order valence-electron chi connectivity index (χ1n) is 9.89. The molecule has 0 amide bonds. The lowest BCUT2D eigenvalue weighted by molar-refractivity contribution is 0.394. The van der Waals surface area contributed by atoms with Crippen LogP contribution in [0.4, 0.5) is 0 Å². The van der Waals surface area contributed by atoms with Crippen molar-refractivity contribution in [2.75, 3.05) is 14.2 Å². The van der Waals surface area contributed by atoms with Crippen LogP contribution in [0.3, 0.4) is 0 Å². The van der Waals surface area contributed by atoms with Gasteiger partial charge in [-0.1, -0.05) is 6.07 Å². The van der Waals surface area contributed by atoms with E-state index in [1.807, 2.05) is 42.6 Å². The molecular formula is C23H20N4O4S. The fourth-order valence-electron chi connectivity index (χ4n) is 3.52. The Bertz CT molecular complexity index is 1460. The maximum absolute atomic E-state index is 13.1. The molecule has 4 heterocycles. The van der Waals surface area contributed by atoms with Crippen molar-refractivity contribution in [3.8, 4) is 33.5 Å². The van der Waals surface area contributed by atoms with Crippen LogP contribution in [0.15, 0.2) is 63.4 Å².